The van der Waals surface area contributed by atoms with E-state index in [0.717, 1.165) is 22.3 Å². The van der Waals surface area contributed by atoms with Gasteiger partial charge in [0, 0.05) is 24.5 Å². The number of anilines is 1. The molecular formula is C24H21N3O3. The fraction of sp³-hybridized carbons (Fsp3) is 0.167. The summed E-state index contributed by atoms with van der Waals surface area (Å²) in [5, 5.41) is 2.81. The average Bonchev–Trinajstić information content (AvgIpc) is 2.97. The minimum absolute atomic E-state index is 0.244. The van der Waals surface area contributed by atoms with Crippen molar-refractivity contribution < 1.29 is 14.4 Å². The Morgan fingerprint density at radius 1 is 0.967 bits per heavy atom. The molecule has 1 aliphatic heterocycles. The summed E-state index contributed by atoms with van der Waals surface area (Å²) in [6.45, 7) is 6.07. The van der Waals surface area contributed by atoms with E-state index in [0.29, 0.717) is 23.4 Å². The lowest BCUT2D eigenvalue weighted by Gasteiger charge is -2.20. The third kappa shape index (κ3) is 3.37. The smallest absolute Gasteiger partial charge is 0.266 e. The molecule has 0 atom stereocenters. The number of pyridine rings is 1. The SMILES string of the molecule is Cc1cc(C)c(N2C(=O)c3ccc(C(=O)NCc4cccnc4)cc3C2=O)c(C)c1. The van der Waals surface area contributed by atoms with Crippen molar-refractivity contribution in [1.82, 2.24) is 10.3 Å². The molecular weight excluding hydrogens is 378 g/mol. The quantitative estimate of drug-likeness (QED) is 0.678. The molecule has 1 N–H and O–H groups in total. The molecule has 0 spiro atoms. The number of aryl methyl sites for hydroxylation is 3. The summed E-state index contributed by atoms with van der Waals surface area (Å²) in [7, 11) is 0. The van der Waals surface area contributed by atoms with Crippen LogP contribution in [0.15, 0.2) is 54.9 Å². The largest absolute Gasteiger partial charge is 0.348 e. The van der Waals surface area contributed by atoms with Crippen LogP contribution in [0.2, 0.25) is 0 Å². The van der Waals surface area contributed by atoms with Crippen molar-refractivity contribution in [1.29, 1.82) is 0 Å². The zero-order valence-electron chi connectivity index (χ0n) is 17.0. The fourth-order valence-corrected chi connectivity index (χ4v) is 3.90. The molecule has 2 aromatic carbocycles. The van der Waals surface area contributed by atoms with Gasteiger partial charge in [-0.1, -0.05) is 23.8 Å². The van der Waals surface area contributed by atoms with Crippen molar-refractivity contribution in [2.24, 2.45) is 0 Å². The van der Waals surface area contributed by atoms with Gasteiger partial charge in [0.25, 0.3) is 17.7 Å². The molecule has 3 amide bonds. The maximum absolute atomic E-state index is 13.1. The van der Waals surface area contributed by atoms with Crippen LogP contribution in [0.25, 0.3) is 0 Å². The number of benzene rings is 2. The highest BCUT2D eigenvalue weighted by Crippen LogP contribution is 2.34. The summed E-state index contributed by atoms with van der Waals surface area (Å²) in [5.74, 6) is -1.10. The highest BCUT2D eigenvalue weighted by molar-refractivity contribution is 6.35. The van der Waals surface area contributed by atoms with Crippen molar-refractivity contribution >= 4 is 23.4 Å². The van der Waals surface area contributed by atoms with E-state index in [2.05, 4.69) is 10.3 Å². The fourth-order valence-electron chi connectivity index (χ4n) is 3.90. The Hall–Kier alpha value is -3.80. The molecule has 0 saturated carbocycles. The highest BCUT2D eigenvalue weighted by atomic mass is 16.2. The first-order chi connectivity index (χ1) is 14.4. The Labute approximate surface area is 174 Å². The Morgan fingerprint density at radius 2 is 1.67 bits per heavy atom. The predicted octanol–water partition coefficient (Wildman–Crippen LogP) is 3.74. The van der Waals surface area contributed by atoms with Gasteiger partial charge in [0.05, 0.1) is 16.8 Å². The van der Waals surface area contributed by atoms with Crippen LogP contribution in [0.5, 0.6) is 0 Å². The van der Waals surface area contributed by atoms with Crippen LogP contribution in [0.1, 0.15) is 53.3 Å². The molecule has 0 aliphatic carbocycles. The number of rotatable bonds is 4. The maximum Gasteiger partial charge on any atom is 0.266 e. The van der Waals surface area contributed by atoms with Crippen LogP contribution < -0.4 is 10.2 Å². The van der Waals surface area contributed by atoms with E-state index in [1.165, 1.54) is 11.0 Å². The third-order valence-electron chi connectivity index (χ3n) is 5.18. The molecule has 2 heterocycles. The van der Waals surface area contributed by atoms with Crippen molar-refractivity contribution in [2.45, 2.75) is 27.3 Å². The summed E-state index contributed by atoms with van der Waals surface area (Å²) in [4.78, 5) is 43.9. The van der Waals surface area contributed by atoms with Crippen LogP contribution in [0.3, 0.4) is 0 Å². The van der Waals surface area contributed by atoms with Gasteiger partial charge in [-0.3, -0.25) is 19.4 Å². The number of carbonyl (C=O) groups excluding carboxylic acids is 3. The minimum atomic E-state index is -0.410. The van der Waals surface area contributed by atoms with E-state index in [4.69, 9.17) is 0 Å². The Morgan fingerprint density at radius 3 is 2.33 bits per heavy atom. The molecule has 1 aromatic heterocycles. The summed E-state index contributed by atoms with van der Waals surface area (Å²) >= 11 is 0. The second-order valence-electron chi connectivity index (χ2n) is 7.50. The molecule has 30 heavy (non-hydrogen) atoms. The molecule has 0 radical (unpaired) electrons. The molecule has 3 aromatic rings. The Kier molecular flexibility index (Phi) is 4.91. The Bertz CT molecular complexity index is 1160. The van der Waals surface area contributed by atoms with Gasteiger partial charge in [0.15, 0.2) is 0 Å². The number of imide groups is 1. The van der Waals surface area contributed by atoms with E-state index in [1.807, 2.05) is 39.0 Å². The van der Waals surface area contributed by atoms with Gasteiger partial charge >= 0.3 is 0 Å². The van der Waals surface area contributed by atoms with Crippen LogP contribution in [0.4, 0.5) is 5.69 Å². The topological polar surface area (TPSA) is 79.4 Å². The van der Waals surface area contributed by atoms with E-state index in [-0.39, 0.29) is 17.4 Å². The minimum Gasteiger partial charge on any atom is -0.348 e. The maximum atomic E-state index is 13.1. The highest BCUT2D eigenvalue weighted by Gasteiger charge is 2.38. The molecule has 150 valence electrons. The predicted molar refractivity (Wildman–Crippen MR) is 114 cm³/mol. The van der Waals surface area contributed by atoms with Crippen molar-refractivity contribution in [3.05, 3.63) is 93.8 Å². The molecule has 6 nitrogen and oxygen atoms in total. The van der Waals surface area contributed by atoms with Crippen LogP contribution in [0, 0.1) is 20.8 Å². The number of carbonyl (C=O) groups is 3. The second kappa shape index (κ2) is 7.55. The first kappa shape index (κ1) is 19.5. The number of hydrogen-bond acceptors (Lipinski definition) is 4. The van der Waals surface area contributed by atoms with Gasteiger partial charge in [-0.15, -0.1) is 0 Å². The first-order valence-electron chi connectivity index (χ1n) is 9.64. The summed E-state index contributed by atoms with van der Waals surface area (Å²) < 4.78 is 0. The van der Waals surface area contributed by atoms with E-state index >= 15 is 0 Å². The lowest BCUT2D eigenvalue weighted by Crippen LogP contribution is -2.30. The molecule has 0 unspecified atom stereocenters. The summed E-state index contributed by atoms with van der Waals surface area (Å²) in [6.07, 6.45) is 3.34. The van der Waals surface area contributed by atoms with Gasteiger partial charge in [0.1, 0.15) is 0 Å². The summed E-state index contributed by atoms with van der Waals surface area (Å²) in [6, 6.07) is 12.2. The summed E-state index contributed by atoms with van der Waals surface area (Å²) in [5.41, 5.74) is 5.14. The molecule has 0 saturated heterocycles. The zero-order valence-corrected chi connectivity index (χ0v) is 17.0. The monoisotopic (exact) mass is 399 g/mol. The molecule has 4 rings (SSSR count). The standard InChI is InChI=1S/C24H21N3O3/c1-14-9-15(2)21(16(3)10-14)27-23(29)19-7-6-18(11-20(19)24(27)30)22(28)26-13-17-5-4-8-25-12-17/h4-12H,13H2,1-3H3,(H,26,28). The van der Waals surface area contributed by atoms with Crippen molar-refractivity contribution in [3.8, 4) is 0 Å². The average molecular weight is 399 g/mol. The van der Waals surface area contributed by atoms with E-state index in [9.17, 15) is 14.4 Å². The van der Waals surface area contributed by atoms with Crippen LogP contribution in [-0.2, 0) is 6.54 Å². The molecule has 1 aliphatic rings. The van der Waals surface area contributed by atoms with E-state index in [1.54, 1.807) is 30.6 Å². The number of aromatic nitrogens is 1. The number of nitrogens with one attached hydrogen (secondary N) is 1. The molecule has 0 bridgehead atoms. The third-order valence-corrected chi connectivity index (χ3v) is 5.18. The van der Waals surface area contributed by atoms with Crippen molar-refractivity contribution in [2.75, 3.05) is 4.90 Å². The van der Waals surface area contributed by atoms with Crippen molar-refractivity contribution in [3.63, 3.8) is 0 Å². The number of hydrogen-bond donors (Lipinski definition) is 1. The van der Waals surface area contributed by atoms with Gasteiger partial charge in [0.2, 0.25) is 0 Å². The van der Waals surface area contributed by atoms with E-state index < -0.39 is 5.91 Å². The zero-order chi connectivity index (χ0) is 21.4. The van der Waals surface area contributed by atoms with Gasteiger partial charge in [-0.05, 0) is 61.7 Å². The van der Waals surface area contributed by atoms with Crippen LogP contribution in [-0.4, -0.2) is 22.7 Å². The van der Waals surface area contributed by atoms with Gasteiger partial charge in [-0.2, -0.15) is 0 Å². The number of nitrogens with zero attached hydrogens (tertiary/aromatic N) is 2. The second-order valence-corrected chi connectivity index (χ2v) is 7.50. The molecule has 6 heteroatoms. The lowest BCUT2D eigenvalue weighted by atomic mass is 10.0. The molecule has 0 fully saturated rings. The first-order valence-corrected chi connectivity index (χ1v) is 9.64. The number of fused-ring (bicyclic) bond motifs is 1. The Balaban J connectivity index is 1.62. The number of amides is 3. The normalized spacial score (nSPS) is 12.8. The van der Waals surface area contributed by atoms with Crippen LogP contribution >= 0.6 is 0 Å². The van der Waals surface area contributed by atoms with Gasteiger partial charge in [-0.25, -0.2) is 4.90 Å². The lowest BCUT2D eigenvalue weighted by molar-refractivity contribution is 0.0923. The van der Waals surface area contributed by atoms with Gasteiger partial charge < -0.3 is 5.32 Å².